The summed E-state index contributed by atoms with van der Waals surface area (Å²) in [7, 11) is 1.80. The van der Waals surface area contributed by atoms with Crippen LogP contribution in [0, 0.1) is 0 Å². The Balaban J connectivity index is 3.79. The molecule has 0 heterocycles. The third-order valence-electron chi connectivity index (χ3n) is 1.12. The van der Waals surface area contributed by atoms with E-state index in [1.165, 1.54) is 0 Å². The molecule has 0 amide bonds. The van der Waals surface area contributed by atoms with Gasteiger partial charge < -0.3 is 5.32 Å². The number of carbonyl (C=O) groups excluding carboxylic acids is 1. The maximum absolute atomic E-state index is 10.7. The van der Waals surface area contributed by atoms with E-state index in [1.807, 2.05) is 13.8 Å². The first-order chi connectivity index (χ1) is 4.20. The fraction of sp³-hybridized carbons (Fsp3) is 0.571. The lowest BCUT2D eigenvalue weighted by Gasteiger charge is -1.95. The molecule has 0 atom stereocenters. The highest BCUT2D eigenvalue weighted by Crippen LogP contribution is 1.88. The predicted octanol–water partition coefficient (Wildman–Crippen LogP) is 1.09. The van der Waals surface area contributed by atoms with Crippen LogP contribution in [0.1, 0.15) is 20.3 Å². The number of hydrogen-bond acceptors (Lipinski definition) is 2. The lowest BCUT2D eigenvalue weighted by Crippen LogP contribution is -2.04. The van der Waals surface area contributed by atoms with Crippen LogP contribution in [0.5, 0.6) is 0 Å². The molecule has 0 aliphatic heterocycles. The maximum Gasteiger partial charge on any atom is 0.157 e. The Hall–Kier alpha value is -0.790. The predicted molar refractivity (Wildman–Crippen MR) is 38.1 cm³/mol. The van der Waals surface area contributed by atoms with Crippen molar-refractivity contribution in [2.45, 2.75) is 20.3 Å². The van der Waals surface area contributed by atoms with Gasteiger partial charge in [-0.15, -0.1) is 0 Å². The third-order valence-corrected chi connectivity index (χ3v) is 1.12. The fourth-order valence-corrected chi connectivity index (χ4v) is 0.416. The van der Waals surface area contributed by atoms with E-state index in [4.69, 9.17) is 0 Å². The van der Waals surface area contributed by atoms with Gasteiger partial charge in [0.05, 0.1) is 0 Å². The summed E-state index contributed by atoms with van der Waals surface area (Å²) in [5.41, 5.74) is 0.918. The zero-order valence-electron chi connectivity index (χ0n) is 6.19. The minimum Gasteiger partial charge on any atom is -0.392 e. The molecular formula is C7H13NO. The summed E-state index contributed by atoms with van der Waals surface area (Å²) in [4.78, 5) is 10.7. The van der Waals surface area contributed by atoms with Crippen LogP contribution < -0.4 is 5.32 Å². The maximum atomic E-state index is 10.7. The first-order valence-corrected chi connectivity index (χ1v) is 3.09. The second-order valence-corrected chi connectivity index (χ2v) is 1.90. The minimum absolute atomic E-state index is 0.168. The lowest BCUT2D eigenvalue weighted by atomic mass is 10.3. The molecule has 0 saturated carbocycles. The molecule has 0 rings (SSSR count). The topological polar surface area (TPSA) is 29.1 Å². The normalized spacial score (nSPS) is 11.2. The van der Waals surface area contributed by atoms with Crippen LogP contribution in [0.2, 0.25) is 0 Å². The van der Waals surface area contributed by atoms with Crippen LogP contribution in [0.4, 0.5) is 0 Å². The molecular weight excluding hydrogens is 114 g/mol. The molecule has 0 aliphatic carbocycles. The molecule has 0 aliphatic rings. The first kappa shape index (κ1) is 8.21. The largest absolute Gasteiger partial charge is 0.392 e. The highest BCUT2D eigenvalue weighted by Gasteiger charge is 1.90. The standard InChI is InChI=1S/C7H13NO/c1-4-7(9)5-6(2)8-3/h5,8H,4H2,1-3H3/b6-5-. The van der Waals surface area contributed by atoms with E-state index in [0.29, 0.717) is 6.42 Å². The van der Waals surface area contributed by atoms with Gasteiger partial charge in [-0.3, -0.25) is 4.79 Å². The molecule has 9 heavy (non-hydrogen) atoms. The van der Waals surface area contributed by atoms with Crippen LogP contribution in [0.25, 0.3) is 0 Å². The van der Waals surface area contributed by atoms with Gasteiger partial charge in [0.15, 0.2) is 5.78 Å². The van der Waals surface area contributed by atoms with Crippen molar-refractivity contribution in [2.75, 3.05) is 7.05 Å². The Bertz CT molecular complexity index is 127. The van der Waals surface area contributed by atoms with Crippen molar-refractivity contribution in [3.05, 3.63) is 11.8 Å². The number of carbonyl (C=O) groups is 1. The van der Waals surface area contributed by atoms with Crippen LogP contribution in [0.3, 0.4) is 0 Å². The molecule has 0 aromatic heterocycles. The van der Waals surface area contributed by atoms with E-state index >= 15 is 0 Å². The van der Waals surface area contributed by atoms with E-state index in [0.717, 1.165) is 5.70 Å². The van der Waals surface area contributed by atoms with Crippen LogP contribution in [-0.2, 0) is 4.79 Å². The molecule has 0 aromatic rings. The Labute approximate surface area is 56.0 Å². The van der Waals surface area contributed by atoms with Gasteiger partial charge in [0.2, 0.25) is 0 Å². The molecule has 2 nitrogen and oxygen atoms in total. The highest BCUT2D eigenvalue weighted by molar-refractivity contribution is 5.89. The van der Waals surface area contributed by atoms with Gasteiger partial charge in [-0.2, -0.15) is 0 Å². The molecule has 0 saturated heterocycles. The van der Waals surface area contributed by atoms with Crippen molar-refractivity contribution >= 4 is 5.78 Å². The van der Waals surface area contributed by atoms with Crippen molar-refractivity contribution in [3.8, 4) is 0 Å². The van der Waals surface area contributed by atoms with E-state index in [1.54, 1.807) is 13.1 Å². The second-order valence-electron chi connectivity index (χ2n) is 1.90. The van der Waals surface area contributed by atoms with Crippen molar-refractivity contribution < 1.29 is 4.79 Å². The van der Waals surface area contributed by atoms with Crippen LogP contribution in [-0.4, -0.2) is 12.8 Å². The molecule has 0 unspecified atom stereocenters. The van der Waals surface area contributed by atoms with Crippen molar-refractivity contribution in [3.63, 3.8) is 0 Å². The molecule has 0 fully saturated rings. The van der Waals surface area contributed by atoms with Crippen LogP contribution in [0.15, 0.2) is 11.8 Å². The average Bonchev–Trinajstić information content (AvgIpc) is 1.87. The van der Waals surface area contributed by atoms with Gasteiger partial charge in [0.25, 0.3) is 0 Å². The molecule has 0 spiro atoms. The fourth-order valence-electron chi connectivity index (χ4n) is 0.416. The smallest absolute Gasteiger partial charge is 0.157 e. The van der Waals surface area contributed by atoms with E-state index in [9.17, 15) is 4.79 Å². The highest BCUT2D eigenvalue weighted by atomic mass is 16.1. The molecule has 0 radical (unpaired) electrons. The molecule has 0 bridgehead atoms. The van der Waals surface area contributed by atoms with Gasteiger partial charge in [-0.05, 0) is 13.0 Å². The zero-order chi connectivity index (χ0) is 7.28. The van der Waals surface area contributed by atoms with Gasteiger partial charge in [-0.1, -0.05) is 6.92 Å². The number of hydrogen-bond donors (Lipinski definition) is 1. The quantitative estimate of drug-likeness (QED) is 0.575. The third kappa shape index (κ3) is 3.76. The average molecular weight is 127 g/mol. The van der Waals surface area contributed by atoms with E-state index < -0.39 is 0 Å². The number of ketones is 1. The summed E-state index contributed by atoms with van der Waals surface area (Å²) in [6.07, 6.45) is 2.19. The minimum atomic E-state index is 0.168. The number of rotatable bonds is 3. The van der Waals surface area contributed by atoms with E-state index in [-0.39, 0.29) is 5.78 Å². The van der Waals surface area contributed by atoms with E-state index in [2.05, 4.69) is 5.32 Å². The van der Waals surface area contributed by atoms with Crippen molar-refractivity contribution in [1.29, 1.82) is 0 Å². The summed E-state index contributed by atoms with van der Waals surface area (Å²) in [5.74, 6) is 0.168. The van der Waals surface area contributed by atoms with Gasteiger partial charge in [0, 0.05) is 19.2 Å². The molecule has 1 N–H and O–H groups in total. The summed E-state index contributed by atoms with van der Waals surface area (Å²) in [6, 6.07) is 0. The summed E-state index contributed by atoms with van der Waals surface area (Å²) < 4.78 is 0. The second kappa shape index (κ2) is 4.13. The Morgan fingerprint density at radius 3 is 2.56 bits per heavy atom. The summed E-state index contributed by atoms with van der Waals surface area (Å²) in [5, 5.41) is 2.87. The Morgan fingerprint density at radius 1 is 1.67 bits per heavy atom. The monoisotopic (exact) mass is 127 g/mol. The Kier molecular flexibility index (Phi) is 3.76. The molecule has 52 valence electrons. The molecule has 2 heteroatoms. The zero-order valence-corrected chi connectivity index (χ0v) is 6.19. The molecule has 0 aromatic carbocycles. The SMILES string of the molecule is CCC(=O)/C=C(/C)NC. The van der Waals surface area contributed by atoms with Crippen molar-refractivity contribution in [1.82, 2.24) is 5.32 Å². The number of allylic oxidation sites excluding steroid dienone is 2. The van der Waals surface area contributed by atoms with Gasteiger partial charge >= 0.3 is 0 Å². The van der Waals surface area contributed by atoms with Gasteiger partial charge in [-0.25, -0.2) is 0 Å². The lowest BCUT2D eigenvalue weighted by molar-refractivity contribution is -0.114. The summed E-state index contributed by atoms with van der Waals surface area (Å²) in [6.45, 7) is 3.72. The van der Waals surface area contributed by atoms with Crippen molar-refractivity contribution in [2.24, 2.45) is 0 Å². The van der Waals surface area contributed by atoms with Gasteiger partial charge in [0.1, 0.15) is 0 Å². The Morgan fingerprint density at radius 2 is 2.22 bits per heavy atom. The summed E-state index contributed by atoms with van der Waals surface area (Å²) >= 11 is 0. The van der Waals surface area contributed by atoms with Crippen LogP contribution >= 0.6 is 0 Å². The first-order valence-electron chi connectivity index (χ1n) is 3.09. The number of nitrogens with one attached hydrogen (secondary N) is 1.